The maximum atomic E-state index is 8.86. The molecule has 0 aliphatic carbocycles. The molecule has 1 aromatic rings. The molecule has 0 radical (unpaired) electrons. The molecule has 80 valence electrons. The number of nitrogens with one attached hydrogen (secondary N) is 1. The zero-order valence-corrected chi connectivity index (χ0v) is 8.90. The minimum atomic E-state index is 0.0819. The first kappa shape index (κ1) is 11.7. The van der Waals surface area contributed by atoms with E-state index in [4.69, 9.17) is 10.4 Å². The van der Waals surface area contributed by atoms with Crippen LogP contribution in [0.1, 0.15) is 24.5 Å². The standard InChI is InChI=1S/C12H16N2O/c1-10(6-7-13)14-8-11-2-4-12(9-15)5-3-11/h2-5,10,14-15H,6,8-9H2,1H3. The van der Waals surface area contributed by atoms with E-state index in [0.29, 0.717) is 6.42 Å². The van der Waals surface area contributed by atoms with Gasteiger partial charge >= 0.3 is 0 Å². The molecule has 2 N–H and O–H groups in total. The summed E-state index contributed by atoms with van der Waals surface area (Å²) in [5.41, 5.74) is 2.08. The van der Waals surface area contributed by atoms with Crippen LogP contribution in [0.4, 0.5) is 0 Å². The van der Waals surface area contributed by atoms with Gasteiger partial charge in [0.25, 0.3) is 0 Å². The largest absolute Gasteiger partial charge is 0.392 e. The van der Waals surface area contributed by atoms with E-state index >= 15 is 0 Å². The highest BCUT2D eigenvalue weighted by molar-refractivity contribution is 5.21. The van der Waals surface area contributed by atoms with Crippen LogP contribution in [0, 0.1) is 11.3 Å². The van der Waals surface area contributed by atoms with E-state index in [2.05, 4.69) is 11.4 Å². The molecule has 0 aromatic heterocycles. The molecule has 1 atom stereocenters. The predicted octanol–water partition coefficient (Wildman–Crippen LogP) is 1.57. The number of hydrogen-bond donors (Lipinski definition) is 2. The first-order chi connectivity index (χ1) is 7.26. The van der Waals surface area contributed by atoms with Crippen LogP contribution in [-0.2, 0) is 13.2 Å². The third-order valence-corrected chi connectivity index (χ3v) is 2.26. The Labute approximate surface area is 90.4 Å². The second kappa shape index (κ2) is 6.18. The van der Waals surface area contributed by atoms with Crippen molar-refractivity contribution in [2.45, 2.75) is 32.5 Å². The minimum Gasteiger partial charge on any atom is -0.392 e. The maximum Gasteiger partial charge on any atom is 0.0681 e. The number of aliphatic hydroxyl groups is 1. The van der Waals surface area contributed by atoms with E-state index in [1.54, 1.807) is 0 Å². The van der Waals surface area contributed by atoms with Crippen molar-refractivity contribution < 1.29 is 5.11 Å². The zero-order chi connectivity index (χ0) is 11.1. The Hall–Kier alpha value is -1.37. The molecule has 3 heteroatoms. The number of hydrogen-bond acceptors (Lipinski definition) is 3. The van der Waals surface area contributed by atoms with Crippen LogP contribution in [-0.4, -0.2) is 11.1 Å². The van der Waals surface area contributed by atoms with Gasteiger partial charge in [0.2, 0.25) is 0 Å². The molecule has 0 bridgehead atoms. The van der Waals surface area contributed by atoms with E-state index in [9.17, 15) is 0 Å². The minimum absolute atomic E-state index is 0.0819. The van der Waals surface area contributed by atoms with Crippen LogP contribution in [0.25, 0.3) is 0 Å². The molecule has 1 rings (SSSR count). The zero-order valence-electron chi connectivity index (χ0n) is 8.90. The summed E-state index contributed by atoms with van der Waals surface area (Å²) in [5, 5.41) is 20.6. The van der Waals surface area contributed by atoms with Gasteiger partial charge in [0.1, 0.15) is 0 Å². The lowest BCUT2D eigenvalue weighted by Gasteiger charge is -2.10. The van der Waals surface area contributed by atoms with Crippen molar-refractivity contribution in [2.24, 2.45) is 0 Å². The first-order valence-corrected chi connectivity index (χ1v) is 5.05. The van der Waals surface area contributed by atoms with Crippen molar-refractivity contribution >= 4 is 0 Å². The highest BCUT2D eigenvalue weighted by Gasteiger charge is 2.00. The number of aliphatic hydroxyl groups excluding tert-OH is 1. The van der Waals surface area contributed by atoms with Gasteiger partial charge < -0.3 is 10.4 Å². The van der Waals surface area contributed by atoms with E-state index in [-0.39, 0.29) is 12.6 Å². The van der Waals surface area contributed by atoms with Gasteiger partial charge in [-0.05, 0) is 18.1 Å². The van der Waals surface area contributed by atoms with Crippen LogP contribution in [0.5, 0.6) is 0 Å². The summed E-state index contributed by atoms with van der Waals surface area (Å²) in [4.78, 5) is 0. The van der Waals surface area contributed by atoms with Gasteiger partial charge in [-0.2, -0.15) is 5.26 Å². The van der Waals surface area contributed by atoms with Crippen molar-refractivity contribution in [3.05, 3.63) is 35.4 Å². The number of nitrogens with zero attached hydrogens (tertiary/aromatic N) is 1. The van der Waals surface area contributed by atoms with Crippen molar-refractivity contribution in [3.63, 3.8) is 0 Å². The second-order valence-corrected chi connectivity index (χ2v) is 3.62. The number of nitriles is 1. The number of benzene rings is 1. The molecule has 0 saturated heterocycles. The third kappa shape index (κ3) is 4.11. The maximum absolute atomic E-state index is 8.86. The molecule has 1 aromatic carbocycles. The summed E-state index contributed by atoms with van der Waals surface area (Å²) in [6.07, 6.45) is 0.523. The lowest BCUT2D eigenvalue weighted by Crippen LogP contribution is -2.24. The normalized spacial score (nSPS) is 12.1. The summed E-state index contributed by atoms with van der Waals surface area (Å²) >= 11 is 0. The predicted molar refractivity (Wildman–Crippen MR) is 58.9 cm³/mol. The molecule has 0 aliphatic heterocycles. The van der Waals surface area contributed by atoms with Gasteiger partial charge in [-0.15, -0.1) is 0 Å². The molecule has 3 nitrogen and oxygen atoms in total. The topological polar surface area (TPSA) is 56.0 Å². The molecule has 15 heavy (non-hydrogen) atoms. The highest BCUT2D eigenvalue weighted by Crippen LogP contribution is 2.04. The second-order valence-electron chi connectivity index (χ2n) is 3.62. The fourth-order valence-corrected chi connectivity index (χ4v) is 1.26. The van der Waals surface area contributed by atoms with Crippen LogP contribution < -0.4 is 5.32 Å². The average molecular weight is 204 g/mol. The summed E-state index contributed by atoms with van der Waals surface area (Å²) in [7, 11) is 0. The lowest BCUT2D eigenvalue weighted by molar-refractivity contribution is 0.282. The quantitative estimate of drug-likeness (QED) is 0.765. The Bertz CT molecular complexity index is 326. The SMILES string of the molecule is CC(CC#N)NCc1ccc(CO)cc1. The first-order valence-electron chi connectivity index (χ1n) is 5.05. The molecular weight excluding hydrogens is 188 g/mol. The van der Waals surface area contributed by atoms with Crippen molar-refractivity contribution in [1.82, 2.24) is 5.32 Å². The molecule has 0 saturated carbocycles. The Morgan fingerprint density at radius 1 is 1.33 bits per heavy atom. The molecule has 0 aliphatic rings. The molecule has 0 fully saturated rings. The van der Waals surface area contributed by atoms with Gasteiger partial charge in [0, 0.05) is 12.6 Å². The van der Waals surface area contributed by atoms with E-state index in [1.807, 2.05) is 31.2 Å². The summed E-state index contributed by atoms with van der Waals surface area (Å²) < 4.78 is 0. The Morgan fingerprint density at radius 2 is 1.93 bits per heavy atom. The van der Waals surface area contributed by atoms with Crippen LogP contribution in [0.15, 0.2) is 24.3 Å². The highest BCUT2D eigenvalue weighted by atomic mass is 16.3. The number of rotatable bonds is 5. The van der Waals surface area contributed by atoms with E-state index in [1.165, 1.54) is 0 Å². The van der Waals surface area contributed by atoms with Crippen molar-refractivity contribution in [3.8, 4) is 6.07 Å². The Morgan fingerprint density at radius 3 is 2.47 bits per heavy atom. The van der Waals surface area contributed by atoms with Crippen LogP contribution in [0.3, 0.4) is 0 Å². The molecule has 0 amide bonds. The lowest BCUT2D eigenvalue weighted by atomic mass is 10.1. The van der Waals surface area contributed by atoms with Gasteiger partial charge in [-0.25, -0.2) is 0 Å². The van der Waals surface area contributed by atoms with Gasteiger partial charge in [0.15, 0.2) is 0 Å². The fraction of sp³-hybridized carbons (Fsp3) is 0.417. The van der Waals surface area contributed by atoms with E-state index < -0.39 is 0 Å². The smallest absolute Gasteiger partial charge is 0.0681 e. The molecule has 1 unspecified atom stereocenters. The van der Waals surface area contributed by atoms with E-state index in [0.717, 1.165) is 17.7 Å². The summed E-state index contributed by atoms with van der Waals surface area (Å²) in [5.74, 6) is 0. The third-order valence-electron chi connectivity index (χ3n) is 2.26. The van der Waals surface area contributed by atoms with Gasteiger partial charge in [0.05, 0.1) is 19.1 Å². The van der Waals surface area contributed by atoms with Crippen LogP contribution in [0.2, 0.25) is 0 Å². The molecular formula is C12H16N2O. The van der Waals surface area contributed by atoms with Crippen molar-refractivity contribution in [2.75, 3.05) is 0 Å². The Balaban J connectivity index is 2.41. The average Bonchev–Trinajstić information content (AvgIpc) is 2.27. The fourth-order valence-electron chi connectivity index (χ4n) is 1.26. The summed E-state index contributed by atoms with van der Waals surface area (Å²) in [6, 6.07) is 10.1. The van der Waals surface area contributed by atoms with Crippen molar-refractivity contribution in [1.29, 1.82) is 5.26 Å². The van der Waals surface area contributed by atoms with Crippen LogP contribution >= 0.6 is 0 Å². The molecule has 0 heterocycles. The summed E-state index contributed by atoms with van der Waals surface area (Å²) in [6.45, 7) is 2.83. The Kier molecular flexibility index (Phi) is 4.82. The van der Waals surface area contributed by atoms with Gasteiger partial charge in [-0.3, -0.25) is 0 Å². The van der Waals surface area contributed by atoms with Gasteiger partial charge in [-0.1, -0.05) is 24.3 Å². The monoisotopic (exact) mass is 204 g/mol. The molecule has 0 spiro atoms.